The van der Waals surface area contributed by atoms with Crippen molar-refractivity contribution in [3.05, 3.63) is 0 Å². The van der Waals surface area contributed by atoms with Crippen molar-refractivity contribution >= 4 is 0 Å². The van der Waals surface area contributed by atoms with Gasteiger partial charge in [-0.1, -0.05) is 13.8 Å². The van der Waals surface area contributed by atoms with Crippen LogP contribution in [-0.2, 0) is 4.74 Å². The van der Waals surface area contributed by atoms with Crippen LogP contribution < -0.4 is 5.73 Å². The Morgan fingerprint density at radius 1 is 1.33 bits per heavy atom. The number of nitrogens with zero attached hydrogens (tertiary/aromatic N) is 1. The molecule has 0 saturated heterocycles. The fraction of sp³-hybridized carbons (Fsp3) is 1.00. The minimum atomic E-state index is 0.495. The van der Waals surface area contributed by atoms with Gasteiger partial charge in [0.2, 0.25) is 0 Å². The van der Waals surface area contributed by atoms with Gasteiger partial charge < -0.3 is 10.5 Å². The quantitative estimate of drug-likeness (QED) is 0.617. The summed E-state index contributed by atoms with van der Waals surface area (Å²) in [4.78, 5) is 2.39. The smallest absolute Gasteiger partial charge is 0.0618 e. The lowest BCUT2D eigenvalue weighted by Crippen LogP contribution is -2.39. The predicted octanol–water partition coefficient (Wildman–Crippen LogP) is 0.692. The first kappa shape index (κ1) is 11.9. The largest absolute Gasteiger partial charge is 0.383 e. The molecule has 1 atom stereocenters. The van der Waals surface area contributed by atoms with Gasteiger partial charge in [0, 0.05) is 13.2 Å². The number of nitrogens with two attached hydrogens (primary N) is 1. The van der Waals surface area contributed by atoms with E-state index in [1.807, 2.05) is 0 Å². The Kier molecular flexibility index (Phi) is 7.45. The summed E-state index contributed by atoms with van der Waals surface area (Å²) in [6.45, 7) is 8.02. The maximum atomic E-state index is 5.52. The van der Waals surface area contributed by atoms with Gasteiger partial charge in [-0.2, -0.15) is 0 Å². The van der Waals surface area contributed by atoms with Crippen molar-refractivity contribution in [3.8, 4) is 0 Å². The van der Waals surface area contributed by atoms with Gasteiger partial charge in [-0.15, -0.1) is 0 Å². The minimum absolute atomic E-state index is 0.495. The molecule has 0 amide bonds. The second-order valence-corrected chi connectivity index (χ2v) is 2.91. The summed E-state index contributed by atoms with van der Waals surface area (Å²) in [7, 11) is 1.74. The zero-order valence-electron chi connectivity index (χ0n) is 8.55. The molecule has 0 heterocycles. The first-order valence-electron chi connectivity index (χ1n) is 4.73. The highest BCUT2D eigenvalue weighted by atomic mass is 16.5. The van der Waals surface area contributed by atoms with E-state index in [-0.39, 0.29) is 0 Å². The summed E-state index contributed by atoms with van der Waals surface area (Å²) >= 11 is 0. The van der Waals surface area contributed by atoms with Crippen LogP contribution in [0.4, 0.5) is 0 Å². The van der Waals surface area contributed by atoms with Gasteiger partial charge in [-0.25, -0.2) is 0 Å². The standard InChI is InChI=1S/C9H22N2O/c1-4-11(5-2)9(6-7-10)8-12-3/h9H,4-8,10H2,1-3H3. The Hall–Kier alpha value is -0.120. The first-order chi connectivity index (χ1) is 5.79. The molecule has 0 aliphatic carbocycles. The van der Waals surface area contributed by atoms with Crippen molar-refractivity contribution in [1.82, 2.24) is 4.90 Å². The van der Waals surface area contributed by atoms with Crippen molar-refractivity contribution < 1.29 is 4.74 Å². The van der Waals surface area contributed by atoms with Gasteiger partial charge in [0.25, 0.3) is 0 Å². The highest BCUT2D eigenvalue weighted by molar-refractivity contribution is 4.69. The second kappa shape index (κ2) is 7.53. The van der Waals surface area contributed by atoms with Gasteiger partial charge in [0.15, 0.2) is 0 Å². The maximum Gasteiger partial charge on any atom is 0.0618 e. The molecule has 1 unspecified atom stereocenters. The van der Waals surface area contributed by atoms with Crippen LogP contribution in [0.3, 0.4) is 0 Å². The fourth-order valence-corrected chi connectivity index (χ4v) is 1.50. The Balaban J connectivity index is 3.86. The lowest BCUT2D eigenvalue weighted by Gasteiger charge is -2.28. The lowest BCUT2D eigenvalue weighted by molar-refractivity contribution is 0.0928. The molecule has 0 aliphatic heterocycles. The molecule has 0 aromatic carbocycles. The van der Waals surface area contributed by atoms with Crippen LogP contribution in [-0.4, -0.2) is 44.3 Å². The fourth-order valence-electron chi connectivity index (χ4n) is 1.50. The normalized spacial score (nSPS) is 13.8. The molecule has 0 aromatic rings. The molecule has 0 spiro atoms. The zero-order chi connectivity index (χ0) is 9.40. The highest BCUT2D eigenvalue weighted by Gasteiger charge is 2.13. The zero-order valence-corrected chi connectivity index (χ0v) is 8.55. The van der Waals surface area contributed by atoms with Gasteiger partial charge in [-0.05, 0) is 26.1 Å². The molecule has 0 aromatic heterocycles. The van der Waals surface area contributed by atoms with E-state index in [1.165, 1.54) is 0 Å². The molecule has 2 N–H and O–H groups in total. The van der Waals surface area contributed by atoms with Gasteiger partial charge in [0.1, 0.15) is 0 Å². The summed E-state index contributed by atoms with van der Waals surface area (Å²) in [5.74, 6) is 0. The van der Waals surface area contributed by atoms with Crippen LogP contribution in [0.1, 0.15) is 20.3 Å². The molecular formula is C9H22N2O. The Labute approximate surface area is 75.9 Å². The Bertz CT molecular complexity index is 88.5. The van der Waals surface area contributed by atoms with Crippen LogP contribution in [0.5, 0.6) is 0 Å². The summed E-state index contributed by atoms with van der Waals surface area (Å²) in [6, 6.07) is 0.495. The molecule has 3 nitrogen and oxygen atoms in total. The molecule has 0 bridgehead atoms. The second-order valence-electron chi connectivity index (χ2n) is 2.91. The molecule has 0 aliphatic rings. The van der Waals surface area contributed by atoms with E-state index < -0.39 is 0 Å². The summed E-state index contributed by atoms with van der Waals surface area (Å²) in [6.07, 6.45) is 1.02. The Morgan fingerprint density at radius 2 is 1.92 bits per heavy atom. The Morgan fingerprint density at radius 3 is 2.25 bits per heavy atom. The third-order valence-corrected chi connectivity index (χ3v) is 2.19. The van der Waals surface area contributed by atoms with Crippen molar-refractivity contribution in [2.24, 2.45) is 5.73 Å². The van der Waals surface area contributed by atoms with Crippen LogP contribution >= 0.6 is 0 Å². The molecule has 74 valence electrons. The summed E-state index contributed by atoms with van der Waals surface area (Å²) in [5.41, 5.74) is 5.52. The molecule has 3 heteroatoms. The van der Waals surface area contributed by atoms with Gasteiger partial charge in [-0.3, -0.25) is 4.90 Å². The molecule has 0 rings (SSSR count). The topological polar surface area (TPSA) is 38.5 Å². The third kappa shape index (κ3) is 4.04. The number of ether oxygens (including phenoxy) is 1. The lowest BCUT2D eigenvalue weighted by atomic mass is 10.2. The van der Waals surface area contributed by atoms with Crippen LogP contribution in [0.2, 0.25) is 0 Å². The van der Waals surface area contributed by atoms with E-state index in [0.717, 1.165) is 32.7 Å². The first-order valence-corrected chi connectivity index (χ1v) is 4.73. The van der Waals surface area contributed by atoms with Crippen LogP contribution in [0.15, 0.2) is 0 Å². The van der Waals surface area contributed by atoms with Crippen molar-refractivity contribution in [2.75, 3.05) is 33.4 Å². The van der Waals surface area contributed by atoms with Gasteiger partial charge >= 0.3 is 0 Å². The van der Waals surface area contributed by atoms with Crippen molar-refractivity contribution in [2.45, 2.75) is 26.3 Å². The average Bonchev–Trinajstić information content (AvgIpc) is 2.07. The summed E-state index contributed by atoms with van der Waals surface area (Å²) < 4.78 is 5.14. The van der Waals surface area contributed by atoms with Crippen LogP contribution in [0.25, 0.3) is 0 Å². The molecule has 0 fully saturated rings. The number of likely N-dealkylation sites (N-methyl/N-ethyl adjacent to an activating group) is 1. The number of hydrogen-bond acceptors (Lipinski definition) is 3. The van der Waals surface area contributed by atoms with Crippen molar-refractivity contribution in [3.63, 3.8) is 0 Å². The van der Waals surface area contributed by atoms with Crippen molar-refractivity contribution in [1.29, 1.82) is 0 Å². The molecular weight excluding hydrogens is 152 g/mol. The number of rotatable bonds is 7. The summed E-state index contributed by atoms with van der Waals surface area (Å²) in [5, 5.41) is 0. The predicted molar refractivity (Wildman–Crippen MR) is 52.3 cm³/mol. The van der Waals surface area contributed by atoms with E-state index in [1.54, 1.807) is 7.11 Å². The SMILES string of the molecule is CCN(CC)C(CCN)COC. The van der Waals surface area contributed by atoms with E-state index in [2.05, 4.69) is 18.7 Å². The number of hydrogen-bond donors (Lipinski definition) is 1. The number of methoxy groups -OCH3 is 1. The van der Waals surface area contributed by atoms with Crippen LogP contribution in [0, 0.1) is 0 Å². The molecule has 12 heavy (non-hydrogen) atoms. The molecule has 0 saturated carbocycles. The molecule has 0 radical (unpaired) electrons. The highest BCUT2D eigenvalue weighted by Crippen LogP contribution is 2.03. The van der Waals surface area contributed by atoms with E-state index in [4.69, 9.17) is 10.5 Å². The van der Waals surface area contributed by atoms with E-state index in [9.17, 15) is 0 Å². The van der Waals surface area contributed by atoms with E-state index >= 15 is 0 Å². The monoisotopic (exact) mass is 174 g/mol. The maximum absolute atomic E-state index is 5.52. The van der Waals surface area contributed by atoms with E-state index in [0.29, 0.717) is 6.04 Å². The average molecular weight is 174 g/mol. The van der Waals surface area contributed by atoms with Gasteiger partial charge in [0.05, 0.1) is 6.61 Å². The third-order valence-electron chi connectivity index (χ3n) is 2.19. The minimum Gasteiger partial charge on any atom is -0.383 e.